The number of cyclic esters (lactones) is 1. The smallest absolute Gasteiger partial charge is 0.326 e. The van der Waals surface area contributed by atoms with Gasteiger partial charge in [-0.3, -0.25) is 9.59 Å². The second-order valence-electron chi connectivity index (χ2n) is 3.71. The van der Waals surface area contributed by atoms with E-state index in [4.69, 9.17) is 10.00 Å². The molecule has 82 valence electrons. The monoisotopic (exact) mass is 211 g/mol. The summed E-state index contributed by atoms with van der Waals surface area (Å²) in [5, 5.41) is 8.83. The number of hydrogen-bond donors (Lipinski definition) is 0. The maximum Gasteiger partial charge on any atom is 0.326 e. The molecule has 1 heterocycles. The highest BCUT2D eigenvalue weighted by Gasteiger charge is 2.37. The summed E-state index contributed by atoms with van der Waals surface area (Å²) in [6.45, 7) is 3.35. The van der Waals surface area contributed by atoms with Crippen molar-refractivity contribution >= 4 is 11.9 Å². The zero-order chi connectivity index (χ0) is 11.5. The predicted octanol–water partition coefficient (Wildman–Crippen LogP) is 0.785. The number of esters is 2. The van der Waals surface area contributed by atoms with Gasteiger partial charge in [-0.05, 0) is 13.3 Å². The molecule has 0 N–H and O–H groups in total. The van der Waals surface area contributed by atoms with E-state index in [0.717, 1.165) is 0 Å². The first-order valence-corrected chi connectivity index (χ1v) is 4.80. The van der Waals surface area contributed by atoms with Crippen molar-refractivity contribution in [3.05, 3.63) is 0 Å². The van der Waals surface area contributed by atoms with Crippen LogP contribution in [0, 0.1) is 16.7 Å². The number of nitrogens with zero attached hydrogens (tertiary/aromatic N) is 1. The van der Waals surface area contributed by atoms with Crippen LogP contribution >= 0.6 is 0 Å². The number of carbonyl (C=O) groups excluding carboxylic acids is 2. The highest BCUT2D eigenvalue weighted by Crippen LogP contribution is 2.23. The summed E-state index contributed by atoms with van der Waals surface area (Å²) in [6, 6.07) is 1.91. The normalized spacial score (nSPS) is 23.8. The largest absolute Gasteiger partial charge is 0.462 e. The number of carbonyl (C=O) groups is 2. The van der Waals surface area contributed by atoms with Gasteiger partial charge in [-0.25, -0.2) is 0 Å². The molecular formula is C10H13NO4. The van der Waals surface area contributed by atoms with Crippen LogP contribution in [-0.4, -0.2) is 24.6 Å². The first-order chi connectivity index (χ1) is 7.01. The van der Waals surface area contributed by atoms with Crippen molar-refractivity contribution < 1.29 is 19.1 Å². The Hall–Kier alpha value is -1.57. The lowest BCUT2D eigenvalue weighted by Gasteiger charge is -2.19. The zero-order valence-electron chi connectivity index (χ0n) is 8.78. The third-order valence-corrected chi connectivity index (χ3v) is 2.50. The first kappa shape index (κ1) is 11.5. The minimum Gasteiger partial charge on any atom is -0.462 e. The maximum absolute atomic E-state index is 11.6. The summed E-state index contributed by atoms with van der Waals surface area (Å²) < 4.78 is 9.67. The van der Waals surface area contributed by atoms with Crippen LogP contribution in [0.25, 0.3) is 0 Å². The van der Waals surface area contributed by atoms with Gasteiger partial charge in [0.2, 0.25) is 0 Å². The van der Waals surface area contributed by atoms with Crippen molar-refractivity contribution in [3.8, 4) is 6.07 Å². The zero-order valence-corrected chi connectivity index (χ0v) is 8.78. The minimum atomic E-state index is -1.13. The molecule has 1 saturated heterocycles. The average Bonchev–Trinajstić information content (AvgIpc) is 2.62. The number of ether oxygens (including phenoxy) is 2. The van der Waals surface area contributed by atoms with Crippen LogP contribution in [0.4, 0.5) is 0 Å². The molecule has 1 aliphatic rings. The van der Waals surface area contributed by atoms with Crippen LogP contribution in [-0.2, 0) is 19.1 Å². The molecule has 1 fully saturated rings. The van der Waals surface area contributed by atoms with Gasteiger partial charge in [-0.15, -0.1) is 0 Å². The van der Waals surface area contributed by atoms with Crippen molar-refractivity contribution in [2.24, 2.45) is 5.41 Å². The van der Waals surface area contributed by atoms with E-state index < -0.39 is 17.5 Å². The number of rotatable bonds is 3. The summed E-state index contributed by atoms with van der Waals surface area (Å²) in [5.74, 6) is -0.959. The number of hydrogen-bond acceptors (Lipinski definition) is 5. The Labute approximate surface area is 88.0 Å². The lowest BCUT2D eigenvalue weighted by atomic mass is 9.90. The third-order valence-electron chi connectivity index (χ3n) is 2.50. The molecule has 0 spiro atoms. The molecule has 1 aliphatic heterocycles. The van der Waals surface area contributed by atoms with Crippen LogP contribution in [0.1, 0.15) is 26.7 Å². The van der Waals surface area contributed by atoms with E-state index >= 15 is 0 Å². The Morgan fingerprint density at radius 1 is 1.80 bits per heavy atom. The van der Waals surface area contributed by atoms with Crippen LogP contribution < -0.4 is 0 Å². The van der Waals surface area contributed by atoms with Crippen LogP contribution in [0.2, 0.25) is 0 Å². The molecular weight excluding hydrogens is 198 g/mol. The van der Waals surface area contributed by atoms with Gasteiger partial charge in [-0.2, -0.15) is 5.26 Å². The predicted molar refractivity (Wildman–Crippen MR) is 49.5 cm³/mol. The van der Waals surface area contributed by atoms with Crippen LogP contribution in [0.3, 0.4) is 0 Å². The second-order valence-corrected chi connectivity index (χ2v) is 3.71. The highest BCUT2D eigenvalue weighted by atomic mass is 16.6. The van der Waals surface area contributed by atoms with Crippen LogP contribution in [0.15, 0.2) is 0 Å². The molecule has 0 aromatic carbocycles. The van der Waals surface area contributed by atoms with E-state index in [0.29, 0.717) is 6.42 Å². The van der Waals surface area contributed by atoms with Crippen molar-refractivity contribution in [1.82, 2.24) is 0 Å². The van der Waals surface area contributed by atoms with E-state index in [1.807, 2.05) is 6.07 Å². The van der Waals surface area contributed by atoms with E-state index in [1.165, 1.54) is 6.92 Å². The summed E-state index contributed by atoms with van der Waals surface area (Å²) in [7, 11) is 0. The van der Waals surface area contributed by atoms with Gasteiger partial charge in [0.25, 0.3) is 0 Å². The minimum absolute atomic E-state index is 0.0803. The fourth-order valence-corrected chi connectivity index (χ4v) is 1.12. The summed E-state index contributed by atoms with van der Waals surface area (Å²) in [6.07, 6.45) is -0.0786. The van der Waals surface area contributed by atoms with E-state index in [2.05, 4.69) is 4.74 Å². The fraction of sp³-hybridized carbons (Fsp3) is 0.700. The molecule has 2 atom stereocenters. The van der Waals surface area contributed by atoms with Gasteiger partial charge in [0, 0.05) is 0 Å². The highest BCUT2D eigenvalue weighted by molar-refractivity contribution is 5.80. The summed E-state index contributed by atoms with van der Waals surface area (Å²) in [4.78, 5) is 22.3. The van der Waals surface area contributed by atoms with E-state index in [1.54, 1.807) is 6.92 Å². The average molecular weight is 211 g/mol. The van der Waals surface area contributed by atoms with Crippen molar-refractivity contribution in [2.75, 3.05) is 6.61 Å². The third kappa shape index (κ3) is 2.46. The molecule has 0 radical (unpaired) electrons. The van der Waals surface area contributed by atoms with E-state index in [-0.39, 0.29) is 19.0 Å². The van der Waals surface area contributed by atoms with Crippen molar-refractivity contribution in [2.45, 2.75) is 32.8 Å². The Morgan fingerprint density at radius 3 is 2.87 bits per heavy atom. The number of nitriles is 1. The van der Waals surface area contributed by atoms with Gasteiger partial charge in [0.1, 0.15) is 12.7 Å². The van der Waals surface area contributed by atoms with Gasteiger partial charge < -0.3 is 9.47 Å². The molecule has 1 rings (SSSR count). The Bertz CT molecular complexity index is 320. The first-order valence-electron chi connectivity index (χ1n) is 4.80. The lowest BCUT2D eigenvalue weighted by Crippen LogP contribution is -2.31. The van der Waals surface area contributed by atoms with Crippen LogP contribution in [0.5, 0.6) is 0 Å². The molecule has 0 bridgehead atoms. The molecule has 0 saturated carbocycles. The molecule has 5 heteroatoms. The Kier molecular flexibility index (Phi) is 3.30. The van der Waals surface area contributed by atoms with Gasteiger partial charge >= 0.3 is 11.9 Å². The molecule has 15 heavy (non-hydrogen) atoms. The van der Waals surface area contributed by atoms with E-state index in [9.17, 15) is 9.59 Å². The van der Waals surface area contributed by atoms with Gasteiger partial charge in [0.05, 0.1) is 12.5 Å². The molecule has 0 aromatic rings. The second kappa shape index (κ2) is 4.30. The molecule has 0 aromatic heterocycles. The van der Waals surface area contributed by atoms with Gasteiger partial charge in [-0.1, -0.05) is 6.92 Å². The molecule has 0 aliphatic carbocycles. The standard InChI is InChI=1S/C10H13NO4/c1-3-10(2,6-11)9(13)15-7-4-8(12)14-5-7/h7H,3-5H2,1-2H3. The van der Waals surface area contributed by atoms with Gasteiger partial charge in [0.15, 0.2) is 5.41 Å². The summed E-state index contributed by atoms with van der Waals surface area (Å²) in [5.41, 5.74) is -1.13. The quantitative estimate of drug-likeness (QED) is 0.645. The molecule has 0 amide bonds. The topological polar surface area (TPSA) is 76.4 Å². The lowest BCUT2D eigenvalue weighted by molar-refractivity contribution is -0.157. The van der Waals surface area contributed by atoms with Crippen molar-refractivity contribution in [1.29, 1.82) is 5.26 Å². The SMILES string of the molecule is CCC(C)(C#N)C(=O)OC1COC(=O)C1. The maximum atomic E-state index is 11.6. The van der Waals surface area contributed by atoms with Crippen molar-refractivity contribution in [3.63, 3.8) is 0 Å². The molecule has 2 unspecified atom stereocenters. The Morgan fingerprint density at radius 2 is 2.47 bits per heavy atom. The molecule has 5 nitrogen and oxygen atoms in total. The fourth-order valence-electron chi connectivity index (χ4n) is 1.12. The summed E-state index contributed by atoms with van der Waals surface area (Å²) >= 11 is 0. The Balaban J connectivity index is 2.56.